The lowest BCUT2D eigenvalue weighted by Gasteiger charge is -2.08. The van der Waals surface area contributed by atoms with Crippen molar-refractivity contribution in [1.29, 1.82) is 5.26 Å². The van der Waals surface area contributed by atoms with Crippen LogP contribution in [0.4, 0.5) is 4.39 Å². The van der Waals surface area contributed by atoms with E-state index in [1.807, 2.05) is 24.3 Å². The lowest BCUT2D eigenvalue weighted by atomic mass is 10.1. The number of aryl methyl sites for hydroxylation is 1. The Kier molecular flexibility index (Phi) is 3.06. The van der Waals surface area contributed by atoms with E-state index < -0.39 is 5.82 Å². The van der Waals surface area contributed by atoms with E-state index in [0.29, 0.717) is 16.9 Å². The number of hydrogen-bond donors (Lipinski definition) is 0. The molecule has 0 bridgehead atoms. The Labute approximate surface area is 98.9 Å². The maximum absolute atomic E-state index is 13.6. The Balaban J connectivity index is 2.35. The number of nitrogens with zero attached hydrogens (tertiary/aromatic N) is 1. The van der Waals surface area contributed by atoms with Gasteiger partial charge in [0.25, 0.3) is 0 Å². The first-order valence-electron chi connectivity index (χ1n) is 5.14. The van der Waals surface area contributed by atoms with Crippen LogP contribution in [-0.2, 0) is 0 Å². The van der Waals surface area contributed by atoms with Crippen LogP contribution in [0, 0.1) is 24.1 Å². The molecule has 2 rings (SSSR count). The fourth-order valence-electron chi connectivity index (χ4n) is 1.47. The zero-order chi connectivity index (χ0) is 12.3. The Morgan fingerprint density at radius 3 is 2.53 bits per heavy atom. The average Bonchev–Trinajstić information content (AvgIpc) is 2.34. The molecule has 0 radical (unpaired) electrons. The highest BCUT2D eigenvalue weighted by molar-refractivity contribution is 5.44. The van der Waals surface area contributed by atoms with Crippen molar-refractivity contribution in [3.05, 3.63) is 59.4 Å². The summed E-state index contributed by atoms with van der Waals surface area (Å²) in [7, 11) is 0. The van der Waals surface area contributed by atoms with E-state index in [4.69, 9.17) is 10.00 Å². The van der Waals surface area contributed by atoms with Gasteiger partial charge in [-0.15, -0.1) is 0 Å². The number of para-hydroxylation sites is 1. The average molecular weight is 227 g/mol. The number of benzene rings is 2. The molecule has 0 heterocycles. The molecule has 0 aliphatic heterocycles. The van der Waals surface area contributed by atoms with Crippen LogP contribution in [0.25, 0.3) is 0 Å². The summed E-state index contributed by atoms with van der Waals surface area (Å²) in [6.07, 6.45) is 0. The highest BCUT2D eigenvalue weighted by Gasteiger charge is 2.08. The second-order valence-corrected chi connectivity index (χ2v) is 3.62. The Morgan fingerprint density at radius 2 is 1.88 bits per heavy atom. The summed E-state index contributed by atoms with van der Waals surface area (Å²) in [5.74, 6) is 0.166. The largest absolute Gasteiger partial charge is 0.454 e. The minimum Gasteiger partial charge on any atom is -0.454 e. The van der Waals surface area contributed by atoms with Gasteiger partial charge in [-0.2, -0.15) is 5.26 Å². The first-order chi connectivity index (χ1) is 8.20. The third-order valence-corrected chi connectivity index (χ3v) is 2.37. The molecule has 0 aliphatic rings. The molecule has 2 aromatic carbocycles. The zero-order valence-corrected chi connectivity index (χ0v) is 9.27. The molecule has 2 nitrogen and oxygen atoms in total. The molecule has 0 N–H and O–H groups in total. The standard InChI is InChI=1S/C14H10FNO/c1-10-7-14(13(15)8-11(10)9-16)17-12-5-3-2-4-6-12/h2-8H,1H3. The quantitative estimate of drug-likeness (QED) is 0.781. The van der Waals surface area contributed by atoms with E-state index in [2.05, 4.69) is 0 Å². The Hall–Kier alpha value is -2.34. The minimum atomic E-state index is -0.531. The van der Waals surface area contributed by atoms with Crippen molar-refractivity contribution in [1.82, 2.24) is 0 Å². The van der Waals surface area contributed by atoms with Crippen LogP contribution in [0.2, 0.25) is 0 Å². The predicted octanol–water partition coefficient (Wildman–Crippen LogP) is 3.80. The predicted molar refractivity (Wildman–Crippen MR) is 62.4 cm³/mol. The van der Waals surface area contributed by atoms with Crippen molar-refractivity contribution < 1.29 is 9.13 Å². The summed E-state index contributed by atoms with van der Waals surface area (Å²) in [6.45, 7) is 1.75. The van der Waals surface area contributed by atoms with E-state index in [1.165, 1.54) is 12.1 Å². The smallest absolute Gasteiger partial charge is 0.167 e. The highest BCUT2D eigenvalue weighted by atomic mass is 19.1. The van der Waals surface area contributed by atoms with Gasteiger partial charge in [-0.3, -0.25) is 0 Å². The Bertz CT molecular complexity index is 573. The molecule has 84 valence electrons. The van der Waals surface area contributed by atoms with Gasteiger partial charge in [0, 0.05) is 0 Å². The van der Waals surface area contributed by atoms with Crippen LogP contribution >= 0.6 is 0 Å². The molecule has 17 heavy (non-hydrogen) atoms. The first-order valence-corrected chi connectivity index (χ1v) is 5.14. The van der Waals surface area contributed by atoms with E-state index >= 15 is 0 Å². The minimum absolute atomic E-state index is 0.132. The molecule has 0 saturated carbocycles. The van der Waals surface area contributed by atoms with E-state index in [9.17, 15) is 4.39 Å². The molecule has 0 amide bonds. The van der Waals surface area contributed by atoms with E-state index in [1.54, 1.807) is 19.1 Å². The molecule has 0 fully saturated rings. The van der Waals surface area contributed by atoms with Gasteiger partial charge in [-0.05, 0) is 36.8 Å². The van der Waals surface area contributed by atoms with E-state index in [0.717, 1.165) is 0 Å². The lowest BCUT2D eigenvalue weighted by Crippen LogP contribution is -1.92. The highest BCUT2D eigenvalue weighted by Crippen LogP contribution is 2.26. The number of ether oxygens (including phenoxy) is 1. The molecule has 2 aromatic rings. The van der Waals surface area contributed by atoms with E-state index in [-0.39, 0.29) is 5.75 Å². The summed E-state index contributed by atoms with van der Waals surface area (Å²) in [5, 5.41) is 8.77. The molecule has 0 aromatic heterocycles. The van der Waals surface area contributed by atoms with Crippen LogP contribution in [0.5, 0.6) is 11.5 Å². The summed E-state index contributed by atoms with van der Waals surface area (Å²) in [5.41, 5.74) is 1.02. The molecule has 0 spiro atoms. The molecule has 0 aliphatic carbocycles. The van der Waals surface area contributed by atoms with Crippen molar-refractivity contribution in [2.75, 3.05) is 0 Å². The fraction of sp³-hybridized carbons (Fsp3) is 0.0714. The third kappa shape index (κ3) is 2.43. The van der Waals surface area contributed by atoms with Gasteiger partial charge >= 0.3 is 0 Å². The summed E-state index contributed by atoms with van der Waals surface area (Å²) in [6, 6.07) is 13.6. The van der Waals surface area contributed by atoms with Crippen LogP contribution in [0.1, 0.15) is 11.1 Å². The normalized spacial score (nSPS) is 9.71. The summed E-state index contributed by atoms with van der Waals surface area (Å²) in [4.78, 5) is 0. The molecule has 3 heteroatoms. The maximum atomic E-state index is 13.6. The maximum Gasteiger partial charge on any atom is 0.167 e. The van der Waals surface area contributed by atoms with Crippen LogP contribution < -0.4 is 4.74 Å². The molecule has 0 saturated heterocycles. The topological polar surface area (TPSA) is 33.0 Å². The second-order valence-electron chi connectivity index (χ2n) is 3.62. The molecular formula is C14H10FNO. The van der Waals surface area contributed by atoms with Gasteiger partial charge < -0.3 is 4.74 Å². The Morgan fingerprint density at radius 1 is 1.18 bits per heavy atom. The first kappa shape index (κ1) is 11.2. The number of nitriles is 1. The molecule has 0 atom stereocenters. The fourth-order valence-corrected chi connectivity index (χ4v) is 1.47. The molecular weight excluding hydrogens is 217 g/mol. The summed E-state index contributed by atoms with van der Waals surface area (Å²) < 4.78 is 19.0. The van der Waals surface area contributed by atoms with Gasteiger partial charge in [0.15, 0.2) is 11.6 Å². The van der Waals surface area contributed by atoms with Crippen molar-refractivity contribution in [3.63, 3.8) is 0 Å². The van der Waals surface area contributed by atoms with Gasteiger partial charge in [-0.1, -0.05) is 18.2 Å². The van der Waals surface area contributed by atoms with Crippen molar-refractivity contribution in [2.45, 2.75) is 6.92 Å². The number of hydrogen-bond acceptors (Lipinski definition) is 2. The van der Waals surface area contributed by atoms with Crippen molar-refractivity contribution in [2.24, 2.45) is 0 Å². The van der Waals surface area contributed by atoms with Gasteiger partial charge in [-0.25, -0.2) is 4.39 Å². The number of rotatable bonds is 2. The SMILES string of the molecule is Cc1cc(Oc2ccccc2)c(F)cc1C#N. The zero-order valence-electron chi connectivity index (χ0n) is 9.27. The van der Waals surface area contributed by atoms with Gasteiger partial charge in [0.2, 0.25) is 0 Å². The third-order valence-electron chi connectivity index (χ3n) is 2.37. The van der Waals surface area contributed by atoms with Crippen LogP contribution in [-0.4, -0.2) is 0 Å². The van der Waals surface area contributed by atoms with Crippen molar-refractivity contribution >= 4 is 0 Å². The van der Waals surface area contributed by atoms with Gasteiger partial charge in [0.05, 0.1) is 11.6 Å². The number of halogens is 1. The summed E-state index contributed by atoms with van der Waals surface area (Å²) >= 11 is 0. The monoisotopic (exact) mass is 227 g/mol. The lowest BCUT2D eigenvalue weighted by molar-refractivity contribution is 0.441. The van der Waals surface area contributed by atoms with Crippen LogP contribution in [0.3, 0.4) is 0 Å². The second kappa shape index (κ2) is 4.67. The van der Waals surface area contributed by atoms with Gasteiger partial charge in [0.1, 0.15) is 5.75 Å². The molecule has 0 unspecified atom stereocenters. The van der Waals surface area contributed by atoms with Crippen LogP contribution in [0.15, 0.2) is 42.5 Å². The van der Waals surface area contributed by atoms with Crippen molar-refractivity contribution in [3.8, 4) is 17.6 Å².